The monoisotopic (exact) mass is 290 g/mol. The van der Waals surface area contributed by atoms with E-state index in [1.54, 1.807) is 4.90 Å². The molecule has 2 rings (SSSR count). The standard InChI is InChI=1S/C16H26N4O/c1-13-6-5-7-15(17-13)12-20-9-8-19(4)10-14(11-20)16(21)18(2)3/h5-7,14H,8-12H2,1-4H3/t14-/m0/s1. The van der Waals surface area contributed by atoms with Crippen LogP contribution in [0, 0.1) is 12.8 Å². The van der Waals surface area contributed by atoms with Crippen molar-refractivity contribution in [3.05, 3.63) is 29.6 Å². The first kappa shape index (κ1) is 15.9. The highest BCUT2D eigenvalue weighted by molar-refractivity contribution is 5.78. The van der Waals surface area contributed by atoms with Crippen LogP contribution in [0.15, 0.2) is 18.2 Å². The first-order valence-electron chi connectivity index (χ1n) is 7.50. The Hall–Kier alpha value is -1.46. The van der Waals surface area contributed by atoms with Gasteiger partial charge in [0.2, 0.25) is 5.91 Å². The Labute approximate surface area is 127 Å². The SMILES string of the molecule is Cc1cccc(CN2CCN(C)C[C@H](C(=O)N(C)C)C2)n1. The maximum atomic E-state index is 12.3. The van der Waals surface area contributed by atoms with Gasteiger partial charge in [0.25, 0.3) is 0 Å². The third kappa shape index (κ3) is 4.51. The molecular weight excluding hydrogens is 264 g/mol. The second-order valence-electron chi connectivity index (χ2n) is 6.20. The van der Waals surface area contributed by atoms with Crippen LogP contribution in [0.4, 0.5) is 0 Å². The van der Waals surface area contributed by atoms with Crippen molar-refractivity contribution in [3.63, 3.8) is 0 Å². The highest BCUT2D eigenvalue weighted by atomic mass is 16.2. The van der Waals surface area contributed by atoms with Crippen molar-refractivity contribution in [3.8, 4) is 0 Å². The Morgan fingerprint density at radius 2 is 2.10 bits per heavy atom. The lowest BCUT2D eigenvalue weighted by atomic mass is 10.1. The molecule has 1 atom stereocenters. The van der Waals surface area contributed by atoms with E-state index in [-0.39, 0.29) is 11.8 Å². The number of nitrogens with zero attached hydrogens (tertiary/aromatic N) is 4. The molecule has 5 nitrogen and oxygen atoms in total. The van der Waals surface area contributed by atoms with E-state index in [0.29, 0.717) is 0 Å². The van der Waals surface area contributed by atoms with Gasteiger partial charge in [-0.2, -0.15) is 0 Å². The third-order valence-electron chi connectivity index (χ3n) is 3.93. The second-order valence-corrected chi connectivity index (χ2v) is 6.20. The molecule has 0 bridgehead atoms. The molecule has 0 radical (unpaired) electrons. The molecule has 1 aliphatic rings. The number of amides is 1. The summed E-state index contributed by atoms with van der Waals surface area (Å²) < 4.78 is 0. The van der Waals surface area contributed by atoms with Crippen LogP contribution in [-0.2, 0) is 11.3 Å². The van der Waals surface area contributed by atoms with E-state index in [9.17, 15) is 4.79 Å². The number of hydrogen-bond acceptors (Lipinski definition) is 4. The fourth-order valence-corrected chi connectivity index (χ4v) is 2.82. The van der Waals surface area contributed by atoms with E-state index < -0.39 is 0 Å². The van der Waals surface area contributed by atoms with Crippen LogP contribution >= 0.6 is 0 Å². The summed E-state index contributed by atoms with van der Waals surface area (Å²) in [6.07, 6.45) is 0. The van der Waals surface area contributed by atoms with Crippen LogP contribution in [0.2, 0.25) is 0 Å². The van der Waals surface area contributed by atoms with E-state index in [4.69, 9.17) is 0 Å². The summed E-state index contributed by atoms with van der Waals surface area (Å²) in [5.74, 6) is 0.253. The van der Waals surface area contributed by atoms with Gasteiger partial charge in [0.05, 0.1) is 11.6 Å². The number of likely N-dealkylation sites (N-methyl/N-ethyl adjacent to an activating group) is 1. The Kier molecular flexibility index (Phi) is 5.31. The number of hydrogen-bond donors (Lipinski definition) is 0. The van der Waals surface area contributed by atoms with Crippen LogP contribution in [0.1, 0.15) is 11.4 Å². The summed E-state index contributed by atoms with van der Waals surface area (Å²) in [5, 5.41) is 0. The molecule has 1 aromatic heterocycles. The van der Waals surface area contributed by atoms with Crippen LogP contribution in [0.5, 0.6) is 0 Å². The molecule has 0 unspecified atom stereocenters. The van der Waals surface area contributed by atoms with E-state index in [1.807, 2.05) is 33.2 Å². The molecule has 1 aliphatic heterocycles. The molecule has 1 saturated heterocycles. The van der Waals surface area contributed by atoms with Crippen molar-refractivity contribution in [1.82, 2.24) is 19.7 Å². The zero-order valence-corrected chi connectivity index (χ0v) is 13.5. The largest absolute Gasteiger partial charge is 0.348 e. The van der Waals surface area contributed by atoms with Gasteiger partial charge < -0.3 is 9.80 Å². The molecule has 0 aromatic carbocycles. The number of rotatable bonds is 3. The molecule has 5 heteroatoms. The first-order chi connectivity index (χ1) is 9.95. The number of carbonyl (C=O) groups is 1. The Bertz CT molecular complexity index is 489. The fourth-order valence-electron chi connectivity index (χ4n) is 2.82. The maximum absolute atomic E-state index is 12.3. The number of carbonyl (C=O) groups excluding carboxylic acids is 1. The summed E-state index contributed by atoms with van der Waals surface area (Å²) in [6, 6.07) is 6.12. The molecular formula is C16H26N4O. The molecule has 116 valence electrons. The normalized spacial score (nSPS) is 21.0. The van der Waals surface area contributed by atoms with Gasteiger partial charge in [-0.05, 0) is 26.1 Å². The average Bonchev–Trinajstić information content (AvgIpc) is 2.60. The molecule has 0 aliphatic carbocycles. The minimum absolute atomic E-state index is 0.0392. The van der Waals surface area contributed by atoms with Crippen molar-refractivity contribution in [2.75, 3.05) is 47.3 Å². The zero-order valence-electron chi connectivity index (χ0n) is 13.5. The van der Waals surface area contributed by atoms with Crippen molar-refractivity contribution >= 4 is 5.91 Å². The molecule has 0 N–H and O–H groups in total. The van der Waals surface area contributed by atoms with Crippen molar-refractivity contribution in [2.24, 2.45) is 5.92 Å². The van der Waals surface area contributed by atoms with E-state index in [2.05, 4.69) is 27.9 Å². The average molecular weight is 290 g/mol. The van der Waals surface area contributed by atoms with Gasteiger partial charge in [0.1, 0.15) is 0 Å². The first-order valence-corrected chi connectivity index (χ1v) is 7.50. The maximum Gasteiger partial charge on any atom is 0.227 e. The van der Waals surface area contributed by atoms with Gasteiger partial charge in [-0.15, -0.1) is 0 Å². The smallest absolute Gasteiger partial charge is 0.227 e. The Morgan fingerprint density at radius 3 is 2.76 bits per heavy atom. The van der Waals surface area contributed by atoms with Crippen LogP contribution in [-0.4, -0.2) is 72.9 Å². The van der Waals surface area contributed by atoms with E-state index in [1.165, 1.54) is 0 Å². The predicted octanol–water partition coefficient (Wildman–Crippen LogP) is 0.842. The van der Waals surface area contributed by atoms with Gasteiger partial charge >= 0.3 is 0 Å². The number of pyridine rings is 1. The molecule has 1 fully saturated rings. The number of aromatic nitrogens is 1. The van der Waals surface area contributed by atoms with Crippen molar-refractivity contribution in [1.29, 1.82) is 0 Å². The predicted molar refractivity (Wildman–Crippen MR) is 83.9 cm³/mol. The van der Waals surface area contributed by atoms with Gasteiger partial charge in [0.15, 0.2) is 0 Å². The number of aryl methyl sites for hydroxylation is 1. The van der Waals surface area contributed by atoms with Gasteiger partial charge in [-0.3, -0.25) is 14.7 Å². The van der Waals surface area contributed by atoms with Crippen molar-refractivity contribution < 1.29 is 4.79 Å². The zero-order chi connectivity index (χ0) is 15.4. The summed E-state index contributed by atoms with van der Waals surface area (Å²) in [6.45, 7) is 6.42. The third-order valence-corrected chi connectivity index (χ3v) is 3.93. The summed E-state index contributed by atoms with van der Waals surface area (Å²) in [7, 11) is 5.75. The molecule has 0 saturated carbocycles. The lowest BCUT2D eigenvalue weighted by molar-refractivity contribution is -0.133. The Morgan fingerprint density at radius 1 is 1.33 bits per heavy atom. The second kappa shape index (κ2) is 7.00. The fraction of sp³-hybridized carbons (Fsp3) is 0.625. The van der Waals surface area contributed by atoms with Crippen LogP contribution in [0.25, 0.3) is 0 Å². The highest BCUT2D eigenvalue weighted by Crippen LogP contribution is 2.13. The summed E-state index contributed by atoms with van der Waals surface area (Å²) in [4.78, 5) is 23.2. The molecule has 1 amide bonds. The van der Waals surface area contributed by atoms with Gasteiger partial charge in [-0.25, -0.2) is 0 Å². The lowest BCUT2D eigenvalue weighted by Crippen LogP contribution is -2.40. The van der Waals surface area contributed by atoms with E-state index >= 15 is 0 Å². The Balaban J connectivity index is 2.06. The lowest BCUT2D eigenvalue weighted by Gasteiger charge is -2.25. The van der Waals surface area contributed by atoms with Gasteiger partial charge in [-0.1, -0.05) is 6.07 Å². The minimum atomic E-state index is 0.0392. The molecule has 0 spiro atoms. The van der Waals surface area contributed by atoms with Crippen molar-refractivity contribution in [2.45, 2.75) is 13.5 Å². The molecule has 2 heterocycles. The topological polar surface area (TPSA) is 39.7 Å². The quantitative estimate of drug-likeness (QED) is 0.827. The van der Waals surface area contributed by atoms with Crippen LogP contribution < -0.4 is 0 Å². The van der Waals surface area contributed by atoms with E-state index in [0.717, 1.165) is 44.1 Å². The summed E-state index contributed by atoms with van der Waals surface area (Å²) in [5.41, 5.74) is 2.12. The molecule has 1 aromatic rings. The minimum Gasteiger partial charge on any atom is -0.348 e. The van der Waals surface area contributed by atoms with Crippen LogP contribution in [0.3, 0.4) is 0 Å². The highest BCUT2D eigenvalue weighted by Gasteiger charge is 2.27. The summed E-state index contributed by atoms with van der Waals surface area (Å²) >= 11 is 0. The van der Waals surface area contributed by atoms with Gasteiger partial charge in [0, 0.05) is 52.5 Å². The molecule has 21 heavy (non-hydrogen) atoms.